The van der Waals surface area contributed by atoms with E-state index in [1.807, 2.05) is 20.8 Å². The van der Waals surface area contributed by atoms with Crippen LogP contribution < -0.4 is 0 Å². The molecule has 0 aliphatic carbocycles. The number of carbonyl (C=O) groups excluding carboxylic acids is 1. The Hall–Kier alpha value is -0.450. The molecule has 142 valence electrons. The number of nitrogens with zero attached hydrogens (tertiary/aromatic N) is 1. The number of piperidine rings is 1. The van der Waals surface area contributed by atoms with Gasteiger partial charge in [0.25, 0.3) is 0 Å². The molecule has 24 heavy (non-hydrogen) atoms. The van der Waals surface area contributed by atoms with E-state index in [4.69, 9.17) is 9.47 Å². The minimum Gasteiger partial charge on any atom is -0.381 e. The molecule has 0 unspecified atom stereocenters. The quantitative estimate of drug-likeness (QED) is 0.593. The van der Waals surface area contributed by atoms with Gasteiger partial charge in [-0.2, -0.15) is 0 Å². The molecular weight excluding hydrogens is 302 g/mol. The summed E-state index contributed by atoms with van der Waals surface area (Å²) in [7, 11) is 0. The highest BCUT2D eigenvalue weighted by Crippen LogP contribution is 2.20. The molecule has 0 atom stereocenters. The molecule has 1 saturated heterocycles. The second-order valence-electron chi connectivity index (χ2n) is 9.01. The van der Waals surface area contributed by atoms with Gasteiger partial charge in [-0.05, 0) is 53.0 Å². The summed E-state index contributed by atoms with van der Waals surface area (Å²) in [5.74, 6) is 0.280. The molecule has 1 aliphatic heterocycles. The van der Waals surface area contributed by atoms with Crippen LogP contribution in [-0.2, 0) is 14.3 Å². The Morgan fingerprint density at radius 2 is 1.62 bits per heavy atom. The van der Waals surface area contributed by atoms with Crippen molar-refractivity contribution in [1.29, 1.82) is 0 Å². The first kappa shape index (κ1) is 21.6. The highest BCUT2D eigenvalue weighted by Gasteiger charge is 2.24. The van der Waals surface area contributed by atoms with Gasteiger partial charge in [-0.1, -0.05) is 20.8 Å². The van der Waals surface area contributed by atoms with Crippen LogP contribution in [0.4, 0.5) is 0 Å². The van der Waals surface area contributed by atoms with Crippen LogP contribution in [0.25, 0.3) is 0 Å². The van der Waals surface area contributed by atoms with Gasteiger partial charge in [0.15, 0.2) is 0 Å². The molecule has 4 heteroatoms. The molecule has 1 heterocycles. The SMILES string of the molecule is CC(C)(C)OC1CCN(CCCCOCCC(=O)C(C)(C)C)CC1. The zero-order chi connectivity index (χ0) is 18.2. The number of hydrogen-bond donors (Lipinski definition) is 0. The van der Waals surface area contributed by atoms with Crippen molar-refractivity contribution in [2.45, 2.75) is 85.4 Å². The van der Waals surface area contributed by atoms with Crippen molar-refractivity contribution >= 4 is 5.78 Å². The third-order valence-corrected chi connectivity index (χ3v) is 4.38. The van der Waals surface area contributed by atoms with Gasteiger partial charge in [0.1, 0.15) is 5.78 Å². The fraction of sp³-hybridized carbons (Fsp3) is 0.950. The van der Waals surface area contributed by atoms with E-state index in [-0.39, 0.29) is 16.8 Å². The van der Waals surface area contributed by atoms with Gasteiger partial charge < -0.3 is 14.4 Å². The van der Waals surface area contributed by atoms with Gasteiger partial charge in [0.2, 0.25) is 0 Å². The fourth-order valence-corrected chi connectivity index (χ4v) is 2.93. The highest BCUT2D eigenvalue weighted by molar-refractivity contribution is 5.83. The van der Waals surface area contributed by atoms with E-state index in [1.165, 1.54) is 0 Å². The largest absolute Gasteiger partial charge is 0.381 e. The second-order valence-corrected chi connectivity index (χ2v) is 9.01. The van der Waals surface area contributed by atoms with Crippen molar-refractivity contribution in [3.8, 4) is 0 Å². The van der Waals surface area contributed by atoms with Crippen LogP contribution in [0.2, 0.25) is 0 Å². The molecule has 0 radical (unpaired) electrons. The molecule has 1 rings (SSSR count). The smallest absolute Gasteiger partial charge is 0.140 e. The van der Waals surface area contributed by atoms with Gasteiger partial charge in [-0.15, -0.1) is 0 Å². The monoisotopic (exact) mass is 341 g/mol. The van der Waals surface area contributed by atoms with Crippen molar-refractivity contribution in [3.05, 3.63) is 0 Å². The lowest BCUT2D eigenvalue weighted by atomic mass is 9.89. The first-order chi connectivity index (χ1) is 11.1. The van der Waals surface area contributed by atoms with Crippen LogP contribution >= 0.6 is 0 Å². The normalized spacial score (nSPS) is 18.1. The lowest BCUT2D eigenvalue weighted by molar-refractivity contribution is -0.127. The van der Waals surface area contributed by atoms with E-state index in [2.05, 4.69) is 25.7 Å². The van der Waals surface area contributed by atoms with E-state index < -0.39 is 0 Å². The summed E-state index contributed by atoms with van der Waals surface area (Å²) < 4.78 is 11.7. The number of hydrogen-bond acceptors (Lipinski definition) is 4. The lowest BCUT2D eigenvalue weighted by Gasteiger charge is -2.35. The minimum atomic E-state index is -0.244. The Morgan fingerprint density at radius 1 is 1.00 bits per heavy atom. The summed E-state index contributed by atoms with van der Waals surface area (Å²) in [5.41, 5.74) is -0.273. The molecule has 1 aliphatic rings. The highest BCUT2D eigenvalue weighted by atomic mass is 16.5. The fourth-order valence-electron chi connectivity index (χ4n) is 2.93. The first-order valence-electron chi connectivity index (χ1n) is 9.59. The maximum Gasteiger partial charge on any atom is 0.140 e. The Labute approximate surface area is 149 Å². The molecule has 4 nitrogen and oxygen atoms in total. The van der Waals surface area contributed by atoms with Gasteiger partial charge in [0, 0.05) is 31.5 Å². The molecule has 0 N–H and O–H groups in total. The topological polar surface area (TPSA) is 38.8 Å². The van der Waals surface area contributed by atoms with E-state index in [0.717, 1.165) is 51.9 Å². The molecule has 0 aromatic heterocycles. The number of likely N-dealkylation sites (tertiary alicyclic amines) is 1. The average molecular weight is 342 g/mol. The van der Waals surface area contributed by atoms with Crippen molar-refractivity contribution < 1.29 is 14.3 Å². The van der Waals surface area contributed by atoms with E-state index in [1.54, 1.807) is 0 Å². The van der Waals surface area contributed by atoms with Gasteiger partial charge in [-0.25, -0.2) is 0 Å². The predicted molar refractivity (Wildman–Crippen MR) is 99.4 cm³/mol. The molecule has 0 aromatic rings. The number of ketones is 1. The Bertz CT molecular complexity index is 360. The summed E-state index contributed by atoms with van der Waals surface area (Å²) in [6.45, 7) is 17.0. The number of Topliss-reactive ketones (excluding diaryl/α,β-unsaturated/α-hetero) is 1. The summed E-state index contributed by atoms with van der Waals surface area (Å²) in [4.78, 5) is 14.3. The number of unbranched alkanes of at least 4 members (excludes halogenated alkanes) is 1. The summed E-state index contributed by atoms with van der Waals surface area (Å²) in [6.07, 6.45) is 5.47. The zero-order valence-corrected chi connectivity index (χ0v) is 16.8. The van der Waals surface area contributed by atoms with Crippen LogP contribution in [0, 0.1) is 5.41 Å². The second kappa shape index (κ2) is 9.88. The van der Waals surface area contributed by atoms with Crippen molar-refractivity contribution in [2.24, 2.45) is 5.41 Å². The standard InChI is InChI=1S/C20H39NO3/c1-19(2,3)18(22)11-16-23-15-8-7-12-21-13-9-17(10-14-21)24-20(4,5)6/h17H,7-16H2,1-6H3. The van der Waals surface area contributed by atoms with Crippen molar-refractivity contribution in [3.63, 3.8) is 0 Å². The Balaban J connectivity index is 1.99. The molecular formula is C20H39NO3. The van der Waals surface area contributed by atoms with Crippen LogP contribution in [-0.4, -0.2) is 55.2 Å². The van der Waals surface area contributed by atoms with Gasteiger partial charge >= 0.3 is 0 Å². The summed E-state index contributed by atoms with van der Waals surface area (Å²) >= 11 is 0. The minimum absolute atomic E-state index is 0.0292. The third-order valence-electron chi connectivity index (χ3n) is 4.38. The Morgan fingerprint density at radius 3 is 2.17 bits per heavy atom. The number of ether oxygens (including phenoxy) is 2. The average Bonchev–Trinajstić information content (AvgIpc) is 2.45. The predicted octanol–water partition coefficient (Wildman–Crippen LogP) is 4.07. The summed E-state index contributed by atoms with van der Waals surface area (Å²) in [6, 6.07) is 0. The zero-order valence-electron chi connectivity index (χ0n) is 16.8. The molecule has 0 amide bonds. The van der Waals surface area contributed by atoms with Gasteiger partial charge in [-0.3, -0.25) is 4.79 Å². The molecule has 0 bridgehead atoms. The van der Waals surface area contributed by atoms with Crippen LogP contribution in [0.1, 0.15) is 73.6 Å². The van der Waals surface area contributed by atoms with E-state index >= 15 is 0 Å². The van der Waals surface area contributed by atoms with Gasteiger partial charge in [0.05, 0.1) is 18.3 Å². The Kier molecular flexibility index (Phi) is 8.89. The summed E-state index contributed by atoms with van der Waals surface area (Å²) in [5, 5.41) is 0. The molecule has 1 fully saturated rings. The maximum absolute atomic E-state index is 11.8. The van der Waals surface area contributed by atoms with Crippen molar-refractivity contribution in [2.75, 3.05) is 32.8 Å². The van der Waals surface area contributed by atoms with Crippen molar-refractivity contribution in [1.82, 2.24) is 4.90 Å². The third kappa shape index (κ3) is 9.75. The van der Waals surface area contributed by atoms with E-state index in [9.17, 15) is 4.79 Å². The molecule has 0 aromatic carbocycles. The number of rotatable bonds is 9. The first-order valence-corrected chi connectivity index (χ1v) is 9.59. The van der Waals surface area contributed by atoms with Crippen LogP contribution in [0.5, 0.6) is 0 Å². The lowest BCUT2D eigenvalue weighted by Crippen LogP contribution is -2.40. The molecule has 0 spiro atoms. The number of carbonyl (C=O) groups is 1. The maximum atomic E-state index is 11.8. The van der Waals surface area contributed by atoms with Crippen LogP contribution in [0.3, 0.4) is 0 Å². The molecule has 0 saturated carbocycles. The van der Waals surface area contributed by atoms with E-state index in [0.29, 0.717) is 19.1 Å². The van der Waals surface area contributed by atoms with Crippen LogP contribution in [0.15, 0.2) is 0 Å².